The molecule has 1 aliphatic heterocycles. The van der Waals surface area contributed by atoms with Crippen LogP contribution >= 0.6 is 0 Å². The highest BCUT2D eigenvalue weighted by molar-refractivity contribution is 6.74. The van der Waals surface area contributed by atoms with Crippen LogP contribution in [0.1, 0.15) is 60.1 Å². The fourth-order valence-corrected chi connectivity index (χ4v) is 5.18. The van der Waals surface area contributed by atoms with Crippen molar-refractivity contribution < 1.29 is 27.9 Å². The Morgan fingerprint density at radius 3 is 2.41 bits per heavy atom. The molecule has 39 heavy (non-hydrogen) atoms. The molecule has 0 spiro atoms. The third-order valence-corrected chi connectivity index (χ3v) is 12.1. The van der Waals surface area contributed by atoms with Crippen LogP contribution in [0.3, 0.4) is 0 Å². The standard InChI is InChI=1S/C29H40FN3O5Si/c1-27(2,3)38-25(34)32-29(13-14-29)24-12-9-19(16-31-24)22-11-10-20(15-23(22)30)33-17-21(37-26(33)35)18-36-39(7,8)28(4,5)6/h9-12,15-16,21H,13-14,17-18H2,1-8H3,(H,32,34)/t21-/m1/s1. The third-order valence-electron chi connectivity index (χ3n) is 7.63. The molecule has 1 atom stereocenters. The van der Waals surface area contributed by atoms with E-state index in [-0.39, 0.29) is 5.04 Å². The first-order chi connectivity index (χ1) is 18.0. The average Bonchev–Trinajstić information content (AvgIpc) is 3.49. The Hall–Kier alpha value is -2.98. The fourth-order valence-electron chi connectivity index (χ4n) is 4.15. The number of hydrogen-bond acceptors (Lipinski definition) is 6. The SMILES string of the molecule is CC(C)(C)OC(=O)NC1(c2ccc(-c3ccc(N4C[C@H](CO[Si](C)(C)C(C)(C)C)OC4=O)cc3F)cn2)CC1. The first-order valence-electron chi connectivity index (χ1n) is 13.4. The van der Waals surface area contributed by atoms with Gasteiger partial charge in [0.1, 0.15) is 17.5 Å². The molecule has 0 bridgehead atoms. The van der Waals surface area contributed by atoms with Gasteiger partial charge in [-0.1, -0.05) is 26.8 Å². The number of halogens is 1. The molecule has 0 unspecified atom stereocenters. The van der Waals surface area contributed by atoms with Gasteiger partial charge in [-0.15, -0.1) is 0 Å². The number of amides is 2. The summed E-state index contributed by atoms with van der Waals surface area (Å²) in [5, 5.41) is 2.98. The Morgan fingerprint density at radius 2 is 1.87 bits per heavy atom. The quantitative estimate of drug-likeness (QED) is 0.379. The molecule has 4 rings (SSSR count). The summed E-state index contributed by atoms with van der Waals surface area (Å²) in [5.74, 6) is -0.469. The number of alkyl carbamates (subject to hydrolysis) is 1. The van der Waals surface area contributed by atoms with E-state index in [1.165, 1.54) is 11.0 Å². The predicted molar refractivity (Wildman–Crippen MR) is 151 cm³/mol. The molecular weight excluding hydrogens is 517 g/mol. The second kappa shape index (κ2) is 10.2. The van der Waals surface area contributed by atoms with Crippen molar-refractivity contribution in [3.05, 3.63) is 48.0 Å². The number of hydrogen-bond donors (Lipinski definition) is 1. The summed E-state index contributed by atoms with van der Waals surface area (Å²) >= 11 is 0. The van der Waals surface area contributed by atoms with Crippen LogP contribution in [0, 0.1) is 5.82 Å². The molecule has 10 heteroatoms. The zero-order valence-corrected chi connectivity index (χ0v) is 25.2. The molecular formula is C29H40FN3O5Si. The van der Waals surface area contributed by atoms with Gasteiger partial charge in [0.25, 0.3) is 0 Å². The minimum atomic E-state index is -1.98. The number of benzene rings is 1. The van der Waals surface area contributed by atoms with Gasteiger partial charge in [-0.25, -0.2) is 14.0 Å². The Bertz CT molecular complexity index is 1230. The van der Waals surface area contributed by atoms with E-state index in [0.29, 0.717) is 35.7 Å². The average molecular weight is 558 g/mol. The van der Waals surface area contributed by atoms with Gasteiger partial charge in [-0.05, 0) is 76.0 Å². The molecule has 2 fully saturated rings. The summed E-state index contributed by atoms with van der Waals surface area (Å²) in [7, 11) is -1.98. The number of nitrogens with one attached hydrogen (secondary N) is 1. The van der Waals surface area contributed by atoms with Crippen LogP contribution in [0.25, 0.3) is 11.1 Å². The van der Waals surface area contributed by atoms with E-state index in [0.717, 1.165) is 12.8 Å². The Kier molecular flexibility index (Phi) is 7.59. The van der Waals surface area contributed by atoms with Crippen molar-refractivity contribution in [2.45, 2.75) is 89.8 Å². The van der Waals surface area contributed by atoms with Gasteiger partial charge in [0, 0.05) is 17.3 Å². The van der Waals surface area contributed by atoms with E-state index >= 15 is 4.39 Å². The van der Waals surface area contributed by atoms with E-state index in [1.54, 1.807) is 30.5 Å². The van der Waals surface area contributed by atoms with E-state index in [1.807, 2.05) is 20.8 Å². The van der Waals surface area contributed by atoms with Gasteiger partial charge >= 0.3 is 12.2 Å². The van der Waals surface area contributed by atoms with E-state index < -0.39 is 43.6 Å². The zero-order chi connectivity index (χ0) is 28.8. The van der Waals surface area contributed by atoms with Crippen molar-refractivity contribution in [3.8, 4) is 11.1 Å². The second-order valence-corrected chi connectivity index (χ2v) is 17.8. The number of aromatic nitrogens is 1. The number of ether oxygens (including phenoxy) is 2. The van der Waals surface area contributed by atoms with Crippen molar-refractivity contribution >= 4 is 26.2 Å². The lowest BCUT2D eigenvalue weighted by Crippen LogP contribution is -2.43. The monoisotopic (exact) mass is 557 g/mol. The second-order valence-electron chi connectivity index (χ2n) is 13.0. The molecule has 212 valence electrons. The first-order valence-corrected chi connectivity index (χ1v) is 16.3. The van der Waals surface area contributed by atoms with Crippen molar-refractivity contribution in [1.82, 2.24) is 10.3 Å². The lowest BCUT2D eigenvalue weighted by molar-refractivity contribution is 0.0493. The topological polar surface area (TPSA) is 90.0 Å². The number of carbonyl (C=O) groups is 2. The lowest BCUT2D eigenvalue weighted by atomic mass is 10.0. The highest BCUT2D eigenvalue weighted by atomic mass is 28.4. The number of pyridine rings is 1. The van der Waals surface area contributed by atoms with Crippen molar-refractivity contribution in [3.63, 3.8) is 0 Å². The van der Waals surface area contributed by atoms with E-state index in [9.17, 15) is 9.59 Å². The van der Waals surface area contributed by atoms with Crippen molar-refractivity contribution in [2.75, 3.05) is 18.1 Å². The van der Waals surface area contributed by atoms with Crippen LogP contribution in [0.2, 0.25) is 18.1 Å². The summed E-state index contributed by atoms with van der Waals surface area (Å²) in [6.07, 6.45) is 1.72. The first kappa shape index (κ1) is 29.0. The van der Waals surface area contributed by atoms with Gasteiger partial charge in [0.05, 0.1) is 30.1 Å². The predicted octanol–water partition coefficient (Wildman–Crippen LogP) is 6.75. The minimum absolute atomic E-state index is 0.0508. The molecule has 1 saturated heterocycles. The summed E-state index contributed by atoms with van der Waals surface area (Å²) in [5.41, 5.74) is 0.962. The van der Waals surface area contributed by atoms with Crippen LogP contribution in [0.4, 0.5) is 19.7 Å². The van der Waals surface area contributed by atoms with Crippen molar-refractivity contribution in [1.29, 1.82) is 0 Å². The zero-order valence-electron chi connectivity index (χ0n) is 24.2. The minimum Gasteiger partial charge on any atom is -0.444 e. The van der Waals surface area contributed by atoms with Gasteiger partial charge in [-0.2, -0.15) is 0 Å². The third kappa shape index (κ3) is 6.61. The molecule has 1 saturated carbocycles. The van der Waals surface area contributed by atoms with Crippen LogP contribution in [0.15, 0.2) is 36.5 Å². The smallest absolute Gasteiger partial charge is 0.414 e. The molecule has 1 aliphatic carbocycles. The largest absolute Gasteiger partial charge is 0.444 e. The molecule has 2 heterocycles. The van der Waals surface area contributed by atoms with Gasteiger partial charge in [0.2, 0.25) is 0 Å². The summed E-state index contributed by atoms with van der Waals surface area (Å²) in [6, 6.07) is 8.28. The summed E-state index contributed by atoms with van der Waals surface area (Å²) in [4.78, 5) is 30.8. The Labute approximate surface area is 231 Å². The Balaban J connectivity index is 1.41. The number of carbonyl (C=O) groups excluding carboxylic acids is 2. The molecule has 1 N–H and O–H groups in total. The van der Waals surface area contributed by atoms with Crippen LogP contribution < -0.4 is 10.2 Å². The lowest BCUT2D eigenvalue weighted by Gasteiger charge is -2.36. The highest BCUT2D eigenvalue weighted by Gasteiger charge is 2.48. The number of anilines is 1. The van der Waals surface area contributed by atoms with Gasteiger partial charge in [0.15, 0.2) is 8.32 Å². The van der Waals surface area contributed by atoms with Gasteiger partial charge < -0.3 is 19.2 Å². The van der Waals surface area contributed by atoms with Crippen LogP contribution in [-0.4, -0.2) is 50.3 Å². The van der Waals surface area contributed by atoms with Gasteiger partial charge in [-0.3, -0.25) is 9.88 Å². The summed E-state index contributed by atoms with van der Waals surface area (Å²) in [6.45, 7) is 16.8. The number of cyclic esters (lactones) is 1. The molecule has 2 aromatic rings. The molecule has 2 amide bonds. The van der Waals surface area contributed by atoms with E-state index in [4.69, 9.17) is 13.9 Å². The maximum Gasteiger partial charge on any atom is 0.414 e. The number of nitrogens with zero attached hydrogens (tertiary/aromatic N) is 2. The molecule has 0 radical (unpaired) electrons. The molecule has 8 nitrogen and oxygen atoms in total. The molecule has 2 aliphatic rings. The van der Waals surface area contributed by atoms with Crippen LogP contribution in [0.5, 0.6) is 0 Å². The molecule has 1 aromatic heterocycles. The Morgan fingerprint density at radius 1 is 1.18 bits per heavy atom. The number of rotatable bonds is 7. The molecule has 1 aromatic carbocycles. The van der Waals surface area contributed by atoms with E-state index in [2.05, 4.69) is 44.2 Å². The maximum atomic E-state index is 15.2. The van der Waals surface area contributed by atoms with Crippen LogP contribution in [-0.2, 0) is 19.4 Å². The summed E-state index contributed by atoms with van der Waals surface area (Å²) < 4.78 is 32.3. The van der Waals surface area contributed by atoms with Crippen molar-refractivity contribution in [2.24, 2.45) is 0 Å². The normalized spacial score (nSPS) is 19.1. The fraction of sp³-hybridized carbons (Fsp3) is 0.552. The maximum absolute atomic E-state index is 15.2. The highest BCUT2D eigenvalue weighted by Crippen LogP contribution is 2.45.